The normalized spacial score (nSPS) is 19.8. The number of carbonyl (C=O) groups excluding carboxylic acids is 2. The minimum Gasteiger partial charge on any atom is -0.480 e. The fraction of sp³-hybridized carbons (Fsp3) is 0.700. The SMILES string of the molecule is CC(=O)Cl.C[C@H](NC(=O)[C@@H]1CCCN1)C(=O)O. The number of carboxylic acids is 1. The van der Waals surface area contributed by atoms with Crippen molar-refractivity contribution in [3.8, 4) is 0 Å². The van der Waals surface area contributed by atoms with Crippen molar-refractivity contribution < 1.29 is 19.5 Å². The summed E-state index contributed by atoms with van der Waals surface area (Å²) in [6.45, 7) is 3.58. The number of nitrogens with one attached hydrogen (secondary N) is 2. The fourth-order valence-corrected chi connectivity index (χ4v) is 1.28. The average molecular weight is 265 g/mol. The second-order valence-corrected chi connectivity index (χ2v) is 4.22. The molecule has 0 aromatic heterocycles. The van der Waals surface area contributed by atoms with Crippen LogP contribution in [0.15, 0.2) is 0 Å². The summed E-state index contributed by atoms with van der Waals surface area (Å²) in [5.41, 5.74) is 0. The number of halogens is 1. The van der Waals surface area contributed by atoms with Gasteiger partial charge in [-0.2, -0.15) is 0 Å². The topological polar surface area (TPSA) is 95.5 Å². The van der Waals surface area contributed by atoms with E-state index in [0.29, 0.717) is 0 Å². The average Bonchev–Trinajstić information content (AvgIpc) is 2.68. The molecule has 0 radical (unpaired) electrons. The number of rotatable bonds is 3. The van der Waals surface area contributed by atoms with Crippen LogP contribution in [-0.2, 0) is 14.4 Å². The zero-order valence-electron chi connectivity index (χ0n) is 9.83. The van der Waals surface area contributed by atoms with Gasteiger partial charge in [0.1, 0.15) is 6.04 Å². The summed E-state index contributed by atoms with van der Waals surface area (Å²) in [6.07, 6.45) is 1.76. The number of hydrogen-bond acceptors (Lipinski definition) is 4. The van der Waals surface area contributed by atoms with Crippen molar-refractivity contribution in [3.05, 3.63) is 0 Å². The third-order valence-corrected chi connectivity index (χ3v) is 2.11. The van der Waals surface area contributed by atoms with Crippen LogP contribution >= 0.6 is 11.6 Å². The van der Waals surface area contributed by atoms with Gasteiger partial charge >= 0.3 is 5.97 Å². The number of carboxylic acid groups (broad SMARTS) is 1. The summed E-state index contributed by atoms with van der Waals surface area (Å²) in [7, 11) is 0. The molecule has 6 nitrogen and oxygen atoms in total. The van der Waals surface area contributed by atoms with Gasteiger partial charge in [-0.3, -0.25) is 14.4 Å². The Morgan fingerprint density at radius 2 is 2.00 bits per heavy atom. The Balaban J connectivity index is 0.000000557. The molecule has 98 valence electrons. The lowest BCUT2D eigenvalue weighted by Gasteiger charge is -2.13. The predicted octanol–water partition coefficient (Wildman–Crippen LogP) is 0.0994. The van der Waals surface area contributed by atoms with Gasteiger partial charge in [0.05, 0.1) is 6.04 Å². The molecule has 2 atom stereocenters. The molecule has 1 fully saturated rings. The van der Waals surface area contributed by atoms with Gasteiger partial charge in [-0.1, -0.05) is 0 Å². The maximum Gasteiger partial charge on any atom is 0.325 e. The molecule has 7 heteroatoms. The minimum absolute atomic E-state index is 0.207. The van der Waals surface area contributed by atoms with Crippen LogP contribution in [0.4, 0.5) is 0 Å². The monoisotopic (exact) mass is 264 g/mol. The smallest absolute Gasteiger partial charge is 0.325 e. The van der Waals surface area contributed by atoms with Crippen molar-refractivity contribution in [1.82, 2.24) is 10.6 Å². The van der Waals surface area contributed by atoms with E-state index < -0.39 is 12.0 Å². The van der Waals surface area contributed by atoms with Gasteiger partial charge in [0.25, 0.3) is 0 Å². The van der Waals surface area contributed by atoms with Crippen molar-refractivity contribution in [3.63, 3.8) is 0 Å². The van der Waals surface area contributed by atoms with Crippen LogP contribution in [0.25, 0.3) is 0 Å². The Hall–Kier alpha value is -1.14. The highest BCUT2D eigenvalue weighted by atomic mass is 35.5. The van der Waals surface area contributed by atoms with Crippen molar-refractivity contribution in [2.24, 2.45) is 0 Å². The molecule has 0 aliphatic carbocycles. The van der Waals surface area contributed by atoms with Gasteiger partial charge in [-0.05, 0) is 37.9 Å². The van der Waals surface area contributed by atoms with Crippen LogP contribution in [0.2, 0.25) is 0 Å². The van der Waals surface area contributed by atoms with Gasteiger partial charge in [0.15, 0.2) is 0 Å². The second kappa shape index (κ2) is 8.03. The first kappa shape index (κ1) is 15.9. The van der Waals surface area contributed by atoms with E-state index in [2.05, 4.69) is 22.2 Å². The molecule has 1 aliphatic heterocycles. The quantitative estimate of drug-likeness (QED) is 0.629. The van der Waals surface area contributed by atoms with E-state index in [0.717, 1.165) is 19.4 Å². The van der Waals surface area contributed by atoms with Gasteiger partial charge in [-0.25, -0.2) is 0 Å². The number of carbonyl (C=O) groups is 3. The van der Waals surface area contributed by atoms with E-state index >= 15 is 0 Å². The highest BCUT2D eigenvalue weighted by Crippen LogP contribution is 2.04. The molecule has 1 rings (SSSR count). The van der Waals surface area contributed by atoms with Crippen molar-refractivity contribution in [1.29, 1.82) is 0 Å². The van der Waals surface area contributed by atoms with Crippen LogP contribution in [0.3, 0.4) is 0 Å². The molecular weight excluding hydrogens is 248 g/mol. The molecule has 1 amide bonds. The third-order valence-electron chi connectivity index (χ3n) is 2.11. The number of amides is 1. The van der Waals surface area contributed by atoms with E-state index in [4.69, 9.17) is 5.11 Å². The molecule has 1 aliphatic rings. The zero-order valence-corrected chi connectivity index (χ0v) is 10.6. The molecule has 0 aromatic carbocycles. The van der Waals surface area contributed by atoms with Gasteiger partial charge in [-0.15, -0.1) is 0 Å². The highest BCUT2D eigenvalue weighted by Gasteiger charge is 2.24. The lowest BCUT2D eigenvalue weighted by molar-refractivity contribution is -0.141. The molecule has 0 unspecified atom stereocenters. The summed E-state index contributed by atoms with van der Waals surface area (Å²) >= 11 is 4.64. The Kier molecular flexibility index (Phi) is 7.49. The first-order valence-corrected chi connectivity index (χ1v) is 5.65. The molecule has 0 spiro atoms. The number of hydrogen-bond donors (Lipinski definition) is 3. The molecule has 0 bridgehead atoms. The zero-order chi connectivity index (χ0) is 13.4. The Labute approximate surface area is 105 Å². The van der Waals surface area contributed by atoms with E-state index in [1.54, 1.807) is 0 Å². The molecule has 3 N–H and O–H groups in total. The molecule has 1 heterocycles. The van der Waals surface area contributed by atoms with Crippen LogP contribution < -0.4 is 10.6 Å². The Morgan fingerprint density at radius 1 is 1.47 bits per heavy atom. The van der Waals surface area contributed by atoms with Crippen LogP contribution in [0.5, 0.6) is 0 Å². The maximum atomic E-state index is 11.3. The summed E-state index contributed by atoms with van der Waals surface area (Å²) in [4.78, 5) is 30.9. The lowest BCUT2D eigenvalue weighted by Crippen LogP contribution is -2.46. The van der Waals surface area contributed by atoms with Gasteiger partial charge in [0, 0.05) is 6.92 Å². The standard InChI is InChI=1S/C8H14N2O3.C2H3ClO/c1-5(8(12)13)10-7(11)6-3-2-4-9-6;1-2(3)4/h5-6,9H,2-4H2,1H3,(H,10,11)(H,12,13);1H3/t5-,6-;/m0./s1. The first-order valence-electron chi connectivity index (χ1n) is 5.27. The van der Waals surface area contributed by atoms with E-state index in [1.807, 2.05) is 0 Å². The second-order valence-electron chi connectivity index (χ2n) is 3.69. The largest absolute Gasteiger partial charge is 0.480 e. The van der Waals surface area contributed by atoms with E-state index in [-0.39, 0.29) is 17.2 Å². The fourth-order valence-electron chi connectivity index (χ4n) is 1.28. The summed E-state index contributed by atoms with van der Waals surface area (Å²) < 4.78 is 0. The molecule has 1 saturated heterocycles. The third kappa shape index (κ3) is 7.70. The van der Waals surface area contributed by atoms with E-state index in [1.165, 1.54) is 13.8 Å². The molecule has 17 heavy (non-hydrogen) atoms. The summed E-state index contributed by atoms with van der Waals surface area (Å²) in [5.74, 6) is -1.22. The van der Waals surface area contributed by atoms with Gasteiger partial charge in [0.2, 0.25) is 11.1 Å². The summed E-state index contributed by atoms with van der Waals surface area (Å²) in [5, 5.41) is 13.6. The minimum atomic E-state index is -1.01. The van der Waals surface area contributed by atoms with Gasteiger partial charge < -0.3 is 15.7 Å². The Morgan fingerprint density at radius 3 is 2.35 bits per heavy atom. The predicted molar refractivity (Wildman–Crippen MR) is 62.8 cm³/mol. The van der Waals surface area contributed by atoms with Crippen LogP contribution in [-0.4, -0.2) is 40.9 Å². The lowest BCUT2D eigenvalue weighted by atomic mass is 10.2. The molecular formula is C10H17ClN2O4. The summed E-state index contributed by atoms with van der Waals surface area (Å²) in [6, 6.07) is -1.02. The van der Waals surface area contributed by atoms with E-state index in [9.17, 15) is 14.4 Å². The first-order chi connectivity index (χ1) is 7.84. The van der Waals surface area contributed by atoms with Crippen molar-refractivity contribution >= 4 is 28.7 Å². The van der Waals surface area contributed by atoms with Crippen LogP contribution in [0, 0.1) is 0 Å². The molecule has 0 aromatic rings. The maximum absolute atomic E-state index is 11.3. The number of aliphatic carboxylic acids is 1. The van der Waals surface area contributed by atoms with Crippen molar-refractivity contribution in [2.75, 3.05) is 6.54 Å². The highest BCUT2D eigenvalue weighted by molar-refractivity contribution is 6.62. The Bertz CT molecular complexity index is 286. The van der Waals surface area contributed by atoms with Crippen LogP contribution in [0.1, 0.15) is 26.7 Å². The van der Waals surface area contributed by atoms with Crippen molar-refractivity contribution in [2.45, 2.75) is 38.8 Å². The molecule has 0 saturated carbocycles.